The zero-order chi connectivity index (χ0) is 15.6. The third-order valence-electron chi connectivity index (χ3n) is 2.96. The van der Waals surface area contributed by atoms with E-state index < -0.39 is 12.8 Å². The molecule has 0 fully saturated rings. The van der Waals surface area contributed by atoms with Gasteiger partial charge in [-0.1, -0.05) is 26.0 Å². The van der Waals surface area contributed by atoms with Crippen LogP contribution in [0.25, 0.3) is 10.9 Å². The quantitative estimate of drug-likeness (QED) is 0.669. The molecular formula is C14H16F3N3O. The highest BCUT2D eigenvalue weighted by Crippen LogP contribution is 2.32. The molecule has 2 rings (SSSR count). The molecule has 114 valence electrons. The average molecular weight is 299 g/mol. The van der Waals surface area contributed by atoms with Crippen molar-refractivity contribution >= 4 is 16.6 Å². The van der Waals surface area contributed by atoms with Crippen LogP contribution in [-0.2, 0) is 0 Å². The van der Waals surface area contributed by atoms with Crippen molar-refractivity contribution in [2.75, 3.05) is 12.0 Å². The monoisotopic (exact) mass is 299 g/mol. The van der Waals surface area contributed by atoms with E-state index in [4.69, 9.17) is 10.6 Å². The molecule has 1 aromatic carbocycles. The smallest absolute Gasteiger partial charge is 0.422 e. The Bertz CT molecular complexity index is 641. The maximum Gasteiger partial charge on any atom is 0.422 e. The zero-order valence-electron chi connectivity index (χ0n) is 11.7. The molecule has 0 amide bonds. The van der Waals surface area contributed by atoms with Gasteiger partial charge in [-0.2, -0.15) is 13.2 Å². The van der Waals surface area contributed by atoms with Gasteiger partial charge in [-0.15, -0.1) is 0 Å². The Kier molecular flexibility index (Phi) is 4.22. The number of anilines is 1. The van der Waals surface area contributed by atoms with E-state index in [2.05, 4.69) is 10.4 Å². The van der Waals surface area contributed by atoms with Gasteiger partial charge in [0.2, 0.25) is 0 Å². The van der Waals surface area contributed by atoms with Crippen LogP contribution < -0.4 is 16.0 Å². The van der Waals surface area contributed by atoms with E-state index in [9.17, 15) is 13.2 Å². The van der Waals surface area contributed by atoms with E-state index in [1.165, 1.54) is 6.07 Å². The van der Waals surface area contributed by atoms with Crippen LogP contribution in [0.5, 0.6) is 5.75 Å². The van der Waals surface area contributed by atoms with Gasteiger partial charge in [-0.05, 0) is 18.1 Å². The molecule has 0 saturated heterocycles. The van der Waals surface area contributed by atoms with Crippen molar-refractivity contribution in [2.24, 2.45) is 5.84 Å². The normalized spacial score (nSPS) is 12.0. The lowest BCUT2D eigenvalue weighted by molar-refractivity contribution is -0.153. The number of para-hydroxylation sites is 1. The summed E-state index contributed by atoms with van der Waals surface area (Å²) in [5, 5.41) is 0.613. The van der Waals surface area contributed by atoms with Gasteiger partial charge in [-0.25, -0.2) is 4.98 Å². The van der Waals surface area contributed by atoms with Gasteiger partial charge >= 0.3 is 6.18 Å². The van der Waals surface area contributed by atoms with E-state index in [0.717, 1.165) is 5.69 Å². The summed E-state index contributed by atoms with van der Waals surface area (Å²) in [5.74, 6) is 5.68. The average Bonchev–Trinajstić information content (AvgIpc) is 2.42. The van der Waals surface area contributed by atoms with Gasteiger partial charge in [0, 0.05) is 11.1 Å². The lowest BCUT2D eigenvalue weighted by Gasteiger charge is -2.15. The summed E-state index contributed by atoms with van der Waals surface area (Å²) in [7, 11) is 0. The summed E-state index contributed by atoms with van der Waals surface area (Å²) < 4.78 is 41.8. The Morgan fingerprint density at radius 2 is 2.05 bits per heavy atom. The number of pyridine rings is 1. The van der Waals surface area contributed by atoms with Crippen LogP contribution in [0.2, 0.25) is 0 Å². The van der Waals surface area contributed by atoms with Crippen LogP contribution in [0.3, 0.4) is 0 Å². The molecule has 0 aliphatic heterocycles. The number of halogens is 3. The fourth-order valence-corrected chi connectivity index (χ4v) is 1.93. The topological polar surface area (TPSA) is 60.2 Å². The number of nitrogens with zero attached hydrogens (tertiary/aromatic N) is 1. The predicted octanol–water partition coefficient (Wildman–Crippen LogP) is 3.58. The number of hydrogen-bond acceptors (Lipinski definition) is 4. The van der Waals surface area contributed by atoms with Gasteiger partial charge in [0.05, 0.1) is 5.69 Å². The van der Waals surface area contributed by atoms with Gasteiger partial charge in [-0.3, -0.25) is 5.84 Å². The predicted molar refractivity (Wildman–Crippen MR) is 75.2 cm³/mol. The van der Waals surface area contributed by atoms with Crippen molar-refractivity contribution in [1.29, 1.82) is 0 Å². The molecule has 0 aliphatic rings. The number of nitrogens with two attached hydrogens (primary N) is 1. The van der Waals surface area contributed by atoms with Crippen molar-refractivity contribution in [3.05, 3.63) is 30.0 Å². The number of aromatic nitrogens is 1. The number of fused-ring (bicyclic) bond motifs is 1. The second-order valence-corrected chi connectivity index (χ2v) is 4.95. The fourth-order valence-electron chi connectivity index (χ4n) is 1.93. The summed E-state index contributed by atoms with van der Waals surface area (Å²) in [6.07, 6.45) is -4.40. The molecule has 0 bridgehead atoms. The van der Waals surface area contributed by atoms with Crippen molar-refractivity contribution in [1.82, 2.24) is 4.98 Å². The van der Waals surface area contributed by atoms with E-state index in [0.29, 0.717) is 16.6 Å². The van der Waals surface area contributed by atoms with Crippen LogP contribution in [0, 0.1) is 0 Å². The minimum Gasteiger partial charge on any atom is -0.482 e. The summed E-state index contributed by atoms with van der Waals surface area (Å²) in [4.78, 5) is 4.40. The maximum absolute atomic E-state index is 12.3. The highest BCUT2D eigenvalue weighted by molar-refractivity contribution is 5.95. The molecule has 7 heteroatoms. The third kappa shape index (κ3) is 3.55. The van der Waals surface area contributed by atoms with Gasteiger partial charge < -0.3 is 10.2 Å². The van der Waals surface area contributed by atoms with E-state index >= 15 is 0 Å². The van der Waals surface area contributed by atoms with Crippen LogP contribution in [0.4, 0.5) is 18.9 Å². The molecule has 1 aromatic heterocycles. The van der Waals surface area contributed by atoms with Crippen LogP contribution in [0.15, 0.2) is 24.3 Å². The van der Waals surface area contributed by atoms with Crippen LogP contribution in [0.1, 0.15) is 25.5 Å². The minimum absolute atomic E-state index is 0.0869. The first-order valence-corrected chi connectivity index (χ1v) is 6.41. The number of benzene rings is 1. The van der Waals surface area contributed by atoms with E-state index in [-0.39, 0.29) is 11.7 Å². The number of hydrogen-bond donors (Lipinski definition) is 2. The van der Waals surface area contributed by atoms with Crippen molar-refractivity contribution < 1.29 is 17.9 Å². The van der Waals surface area contributed by atoms with Crippen molar-refractivity contribution in [3.63, 3.8) is 0 Å². The highest BCUT2D eigenvalue weighted by Gasteiger charge is 2.29. The van der Waals surface area contributed by atoms with Gasteiger partial charge in [0.1, 0.15) is 11.3 Å². The Balaban J connectivity index is 2.53. The molecule has 21 heavy (non-hydrogen) atoms. The molecule has 1 heterocycles. The summed E-state index contributed by atoms with van der Waals surface area (Å²) in [5.41, 5.74) is 4.23. The molecule has 0 atom stereocenters. The summed E-state index contributed by atoms with van der Waals surface area (Å²) in [6.45, 7) is 2.52. The highest BCUT2D eigenvalue weighted by atomic mass is 19.4. The molecule has 0 unspecified atom stereocenters. The van der Waals surface area contributed by atoms with Crippen molar-refractivity contribution in [3.8, 4) is 5.75 Å². The number of alkyl halides is 3. The lowest BCUT2D eigenvalue weighted by atomic mass is 10.1. The second-order valence-electron chi connectivity index (χ2n) is 4.95. The van der Waals surface area contributed by atoms with Gasteiger partial charge in [0.25, 0.3) is 0 Å². The number of nitrogens with one attached hydrogen (secondary N) is 1. The first-order valence-electron chi connectivity index (χ1n) is 6.41. The number of hydrazine groups is 1. The SMILES string of the molecule is CC(C)c1cc(NN)c2cccc(OCC(F)(F)F)c2n1. The Labute approximate surface area is 120 Å². The fraction of sp³-hybridized carbons (Fsp3) is 0.357. The standard InChI is InChI=1S/C14H16F3N3O/c1-8(2)10-6-11(20-18)9-4-3-5-12(13(9)19-10)21-7-14(15,16)17/h3-6,8H,7,18H2,1-2H3,(H,19,20). The molecule has 4 nitrogen and oxygen atoms in total. The molecule has 3 N–H and O–H groups in total. The molecule has 0 saturated carbocycles. The van der Waals surface area contributed by atoms with Gasteiger partial charge in [0.15, 0.2) is 6.61 Å². The largest absolute Gasteiger partial charge is 0.482 e. The number of ether oxygens (including phenoxy) is 1. The summed E-state index contributed by atoms with van der Waals surface area (Å²) >= 11 is 0. The lowest BCUT2D eigenvalue weighted by Crippen LogP contribution is -2.19. The summed E-state index contributed by atoms with van der Waals surface area (Å²) in [6, 6.07) is 6.57. The van der Waals surface area contributed by atoms with Crippen LogP contribution in [-0.4, -0.2) is 17.8 Å². The molecule has 2 aromatic rings. The Morgan fingerprint density at radius 1 is 1.33 bits per heavy atom. The Morgan fingerprint density at radius 3 is 2.62 bits per heavy atom. The first kappa shape index (κ1) is 15.4. The second kappa shape index (κ2) is 5.77. The molecule has 0 radical (unpaired) electrons. The Hall–Kier alpha value is -2.02. The first-order chi connectivity index (χ1) is 9.81. The molecular weight excluding hydrogens is 283 g/mol. The number of nitrogen functional groups attached to an aromatic ring is 1. The minimum atomic E-state index is -4.40. The number of rotatable bonds is 4. The van der Waals surface area contributed by atoms with E-state index in [1.54, 1.807) is 18.2 Å². The maximum atomic E-state index is 12.3. The molecule has 0 spiro atoms. The van der Waals surface area contributed by atoms with Crippen molar-refractivity contribution in [2.45, 2.75) is 25.9 Å². The van der Waals surface area contributed by atoms with E-state index in [1.807, 2.05) is 13.8 Å². The third-order valence-corrected chi connectivity index (χ3v) is 2.96. The molecule has 0 aliphatic carbocycles. The van der Waals surface area contributed by atoms with Crippen LogP contribution >= 0.6 is 0 Å². The zero-order valence-corrected chi connectivity index (χ0v) is 11.7.